The zero-order chi connectivity index (χ0) is 26.7. The molecule has 0 bridgehead atoms. The van der Waals surface area contributed by atoms with Crippen LogP contribution in [0.5, 0.6) is 5.88 Å². The molecular weight excluding hydrogens is 538 g/mol. The molecule has 0 N–H and O–H groups in total. The van der Waals surface area contributed by atoms with Gasteiger partial charge in [0.15, 0.2) is 5.52 Å². The van der Waals surface area contributed by atoms with Gasteiger partial charge in [0.1, 0.15) is 12.7 Å². The number of carbonyl (C=O) groups excluding carboxylic acids is 1. The highest BCUT2D eigenvalue weighted by atomic mass is 32.2. The van der Waals surface area contributed by atoms with E-state index in [1.807, 2.05) is 18.2 Å². The third-order valence-electron chi connectivity index (χ3n) is 7.30. The molecule has 2 fully saturated rings. The molecule has 1 atom stereocenters. The van der Waals surface area contributed by atoms with Gasteiger partial charge in [-0.25, -0.2) is 22.7 Å². The SMILES string of the molecule is CCS(=O)(=O)N1CCC(c2ccc(-c3cc4nccnc4c(OC[C@@H]4CN(C(C)=O)CCO4)n3)cc2)CC1.S. The molecule has 0 radical (unpaired) electrons. The van der Waals surface area contributed by atoms with Gasteiger partial charge in [-0.3, -0.25) is 9.78 Å². The van der Waals surface area contributed by atoms with Crippen LogP contribution in [0, 0.1) is 0 Å². The zero-order valence-electron chi connectivity index (χ0n) is 22.2. The second-order valence-electron chi connectivity index (χ2n) is 9.70. The van der Waals surface area contributed by atoms with Gasteiger partial charge in [0.05, 0.1) is 30.1 Å². The minimum Gasteiger partial charge on any atom is -0.473 e. The minimum absolute atomic E-state index is 0. The van der Waals surface area contributed by atoms with Gasteiger partial charge in [-0.1, -0.05) is 24.3 Å². The number of hydrogen-bond donors (Lipinski definition) is 0. The summed E-state index contributed by atoms with van der Waals surface area (Å²) in [5.41, 5.74) is 4.09. The molecule has 1 aromatic carbocycles. The number of hydrogen-bond acceptors (Lipinski definition) is 8. The molecule has 0 spiro atoms. The van der Waals surface area contributed by atoms with Crippen molar-refractivity contribution in [2.45, 2.75) is 38.7 Å². The van der Waals surface area contributed by atoms with Crippen LogP contribution >= 0.6 is 13.5 Å². The maximum atomic E-state index is 12.2. The number of rotatable bonds is 7. The van der Waals surface area contributed by atoms with Gasteiger partial charge in [0, 0.05) is 44.5 Å². The molecule has 10 nitrogen and oxygen atoms in total. The molecule has 2 aromatic heterocycles. The Labute approximate surface area is 236 Å². The lowest BCUT2D eigenvalue weighted by atomic mass is 9.89. The average Bonchev–Trinajstić information content (AvgIpc) is 2.96. The van der Waals surface area contributed by atoms with Crippen LogP contribution in [0.25, 0.3) is 22.3 Å². The fourth-order valence-electron chi connectivity index (χ4n) is 5.05. The lowest BCUT2D eigenvalue weighted by Gasteiger charge is -2.32. The predicted molar refractivity (Wildman–Crippen MR) is 154 cm³/mol. The van der Waals surface area contributed by atoms with Gasteiger partial charge >= 0.3 is 0 Å². The van der Waals surface area contributed by atoms with Crippen LogP contribution in [0.15, 0.2) is 42.7 Å². The summed E-state index contributed by atoms with van der Waals surface area (Å²) in [6.45, 7) is 6.15. The second kappa shape index (κ2) is 12.6. The van der Waals surface area contributed by atoms with E-state index in [2.05, 4.69) is 22.1 Å². The van der Waals surface area contributed by atoms with Crippen molar-refractivity contribution in [1.29, 1.82) is 0 Å². The van der Waals surface area contributed by atoms with Crippen molar-refractivity contribution in [2.75, 3.05) is 45.1 Å². The average molecular weight is 574 g/mol. The van der Waals surface area contributed by atoms with Crippen LogP contribution in [0.3, 0.4) is 0 Å². The van der Waals surface area contributed by atoms with Crippen LogP contribution < -0.4 is 4.74 Å². The molecule has 2 aliphatic rings. The molecule has 210 valence electrons. The molecule has 2 aliphatic heterocycles. The van der Waals surface area contributed by atoms with Crippen molar-refractivity contribution in [3.63, 3.8) is 0 Å². The van der Waals surface area contributed by atoms with Gasteiger partial charge < -0.3 is 14.4 Å². The van der Waals surface area contributed by atoms with E-state index in [1.54, 1.807) is 35.4 Å². The highest BCUT2D eigenvalue weighted by Crippen LogP contribution is 2.32. The Morgan fingerprint density at radius 3 is 2.51 bits per heavy atom. The molecule has 39 heavy (non-hydrogen) atoms. The summed E-state index contributed by atoms with van der Waals surface area (Å²) in [5, 5.41) is 0. The van der Waals surface area contributed by atoms with Crippen molar-refractivity contribution in [2.24, 2.45) is 0 Å². The lowest BCUT2D eigenvalue weighted by Crippen LogP contribution is -2.46. The summed E-state index contributed by atoms with van der Waals surface area (Å²) in [4.78, 5) is 27.2. The van der Waals surface area contributed by atoms with Crippen LogP contribution in [-0.2, 0) is 19.6 Å². The lowest BCUT2D eigenvalue weighted by molar-refractivity contribution is -0.137. The number of sulfonamides is 1. The van der Waals surface area contributed by atoms with Crippen LogP contribution in [0.2, 0.25) is 0 Å². The number of fused-ring (bicyclic) bond motifs is 1. The maximum Gasteiger partial charge on any atom is 0.242 e. The number of amides is 1. The maximum absolute atomic E-state index is 12.2. The first-order valence-corrected chi connectivity index (χ1v) is 14.6. The largest absolute Gasteiger partial charge is 0.473 e. The van der Waals surface area contributed by atoms with Crippen LogP contribution in [0.4, 0.5) is 0 Å². The van der Waals surface area contributed by atoms with E-state index in [0.29, 0.717) is 55.6 Å². The molecule has 1 amide bonds. The molecular formula is C27H35N5O5S2. The Kier molecular flexibility index (Phi) is 9.42. The topological polar surface area (TPSA) is 115 Å². The summed E-state index contributed by atoms with van der Waals surface area (Å²) >= 11 is 0. The molecule has 3 aromatic rings. The molecule has 4 heterocycles. The van der Waals surface area contributed by atoms with E-state index >= 15 is 0 Å². The van der Waals surface area contributed by atoms with E-state index in [9.17, 15) is 13.2 Å². The minimum atomic E-state index is -3.13. The van der Waals surface area contributed by atoms with Gasteiger partial charge in [0.25, 0.3) is 0 Å². The summed E-state index contributed by atoms with van der Waals surface area (Å²) in [7, 11) is -3.13. The van der Waals surface area contributed by atoms with E-state index in [4.69, 9.17) is 14.5 Å². The normalized spacial score (nSPS) is 19.0. The number of aromatic nitrogens is 3. The highest BCUT2D eigenvalue weighted by molar-refractivity contribution is 7.89. The fraction of sp³-hybridized carbons (Fsp3) is 0.481. The zero-order valence-corrected chi connectivity index (χ0v) is 24.1. The number of nitrogens with zero attached hydrogens (tertiary/aromatic N) is 5. The van der Waals surface area contributed by atoms with Crippen molar-refractivity contribution < 1.29 is 22.7 Å². The monoisotopic (exact) mass is 573 g/mol. The van der Waals surface area contributed by atoms with E-state index in [-0.39, 0.29) is 37.9 Å². The Morgan fingerprint density at radius 1 is 1.10 bits per heavy atom. The van der Waals surface area contributed by atoms with Crippen LogP contribution in [0.1, 0.15) is 38.2 Å². The molecule has 0 unspecified atom stereocenters. The first-order valence-electron chi connectivity index (χ1n) is 13.0. The summed E-state index contributed by atoms with van der Waals surface area (Å²) in [6.07, 6.45) is 4.62. The highest BCUT2D eigenvalue weighted by Gasteiger charge is 2.27. The summed E-state index contributed by atoms with van der Waals surface area (Å²) < 4.78 is 37.8. The van der Waals surface area contributed by atoms with Gasteiger partial charge in [-0.15, -0.1) is 0 Å². The number of benzene rings is 1. The number of pyridine rings is 1. The standard InChI is InChI=1S/C27H33N5O5S.H2S/c1-3-38(34,35)32-12-8-21(9-13-32)20-4-6-22(7-5-20)24-16-25-26(29-11-10-28-25)27(30-24)37-18-23-17-31(19(2)33)14-15-36-23;/h4-7,10-11,16,21,23H,3,8-9,12-15,17-18H2,1-2H3;1H2/t23-;/m0./s1. The Hall–Kier alpha value is -2.80. The molecule has 12 heteroatoms. The number of piperidine rings is 1. The van der Waals surface area contributed by atoms with Gasteiger partial charge in [-0.2, -0.15) is 13.5 Å². The second-order valence-corrected chi connectivity index (χ2v) is 12.0. The van der Waals surface area contributed by atoms with Crippen molar-refractivity contribution in [3.8, 4) is 17.1 Å². The third-order valence-corrected chi connectivity index (χ3v) is 9.19. The van der Waals surface area contributed by atoms with E-state index in [0.717, 1.165) is 24.1 Å². The number of morpholine rings is 1. The molecule has 2 saturated heterocycles. The summed E-state index contributed by atoms with van der Waals surface area (Å²) in [6, 6.07) is 10.2. The van der Waals surface area contributed by atoms with Crippen molar-refractivity contribution >= 4 is 40.5 Å². The van der Waals surface area contributed by atoms with E-state index < -0.39 is 10.0 Å². The fourth-order valence-corrected chi connectivity index (χ4v) is 6.18. The number of carbonyl (C=O) groups is 1. The van der Waals surface area contributed by atoms with Gasteiger partial charge in [0.2, 0.25) is 21.8 Å². The molecule has 0 aliphatic carbocycles. The van der Waals surface area contributed by atoms with Crippen molar-refractivity contribution in [1.82, 2.24) is 24.2 Å². The first kappa shape index (κ1) is 29.2. The van der Waals surface area contributed by atoms with Crippen molar-refractivity contribution in [3.05, 3.63) is 48.3 Å². The number of ether oxygens (including phenoxy) is 2. The Bertz CT molecular complexity index is 1400. The van der Waals surface area contributed by atoms with Crippen LogP contribution in [-0.4, -0.2) is 89.7 Å². The first-order chi connectivity index (χ1) is 18.3. The quantitative estimate of drug-likeness (QED) is 0.424. The summed E-state index contributed by atoms with van der Waals surface area (Å²) in [5.74, 6) is 0.871. The third kappa shape index (κ3) is 6.68. The van der Waals surface area contributed by atoms with E-state index in [1.165, 1.54) is 5.56 Å². The Morgan fingerprint density at radius 2 is 1.82 bits per heavy atom. The smallest absolute Gasteiger partial charge is 0.242 e. The van der Waals surface area contributed by atoms with Gasteiger partial charge in [-0.05, 0) is 37.3 Å². The molecule has 0 saturated carbocycles. The predicted octanol–water partition coefficient (Wildman–Crippen LogP) is 2.96. The molecule has 5 rings (SSSR count). The Balaban J connectivity index is 0.00000353.